The fourth-order valence-electron chi connectivity index (χ4n) is 2.33. The third-order valence-corrected chi connectivity index (χ3v) is 3.29. The zero-order valence-corrected chi connectivity index (χ0v) is 10.7. The molecule has 1 aliphatic heterocycles. The molecule has 1 atom stereocenters. The molecule has 0 aliphatic carbocycles. The van der Waals surface area contributed by atoms with Gasteiger partial charge in [-0.1, -0.05) is 6.07 Å². The molecule has 2 aromatic rings. The lowest BCUT2D eigenvalue weighted by atomic mass is 9.96. The lowest BCUT2D eigenvalue weighted by molar-refractivity contribution is 0.455. The minimum atomic E-state index is 0.507. The summed E-state index contributed by atoms with van der Waals surface area (Å²) >= 11 is 0. The van der Waals surface area contributed by atoms with Crippen LogP contribution in [0.2, 0.25) is 0 Å². The van der Waals surface area contributed by atoms with Crippen molar-refractivity contribution in [2.24, 2.45) is 0 Å². The quantitative estimate of drug-likeness (QED) is 0.879. The van der Waals surface area contributed by atoms with E-state index in [0.717, 1.165) is 24.6 Å². The summed E-state index contributed by atoms with van der Waals surface area (Å²) in [4.78, 5) is 12.9. The summed E-state index contributed by atoms with van der Waals surface area (Å²) < 4.78 is 0. The van der Waals surface area contributed by atoms with E-state index in [2.05, 4.69) is 31.7 Å². The van der Waals surface area contributed by atoms with Gasteiger partial charge in [-0.3, -0.25) is 0 Å². The van der Waals surface area contributed by atoms with Gasteiger partial charge in [0, 0.05) is 30.6 Å². The molecular formula is C14H17N5. The molecule has 3 rings (SSSR count). The number of aromatic nitrogens is 3. The summed E-state index contributed by atoms with van der Waals surface area (Å²) in [6.45, 7) is 2.13. The summed E-state index contributed by atoms with van der Waals surface area (Å²) in [5.74, 6) is 1.88. The van der Waals surface area contributed by atoms with Crippen molar-refractivity contribution in [3.63, 3.8) is 0 Å². The molecule has 5 nitrogen and oxygen atoms in total. The minimum Gasteiger partial charge on any atom is -0.316 e. The number of hydrogen-bond acceptors (Lipinski definition) is 5. The van der Waals surface area contributed by atoms with Crippen LogP contribution in [0.4, 0.5) is 11.8 Å². The van der Waals surface area contributed by atoms with Crippen molar-refractivity contribution in [1.82, 2.24) is 20.3 Å². The van der Waals surface area contributed by atoms with Gasteiger partial charge in [-0.25, -0.2) is 15.0 Å². The first-order chi connectivity index (χ1) is 9.42. The Hall–Kier alpha value is -2.01. The summed E-state index contributed by atoms with van der Waals surface area (Å²) in [6, 6.07) is 7.86. The standard InChI is InChI=1S/C14H17N5/c1-5-12(11-4-2-7-15-10-11)18-13(6-1)19-14-16-8-3-9-17-14/h1,3,5-6,8-9,11,15H,2,4,7,10H2,(H,16,17,18,19). The summed E-state index contributed by atoms with van der Waals surface area (Å²) in [5.41, 5.74) is 1.13. The third-order valence-electron chi connectivity index (χ3n) is 3.29. The topological polar surface area (TPSA) is 62.7 Å². The SMILES string of the molecule is c1cnc(Nc2cccc(C3CCCNC3)n2)nc1. The molecule has 19 heavy (non-hydrogen) atoms. The van der Waals surface area contributed by atoms with Gasteiger partial charge >= 0.3 is 0 Å². The van der Waals surface area contributed by atoms with E-state index >= 15 is 0 Å². The second kappa shape index (κ2) is 5.75. The highest BCUT2D eigenvalue weighted by Gasteiger charge is 2.16. The smallest absolute Gasteiger partial charge is 0.228 e. The number of anilines is 2. The zero-order valence-electron chi connectivity index (χ0n) is 10.7. The molecular weight excluding hydrogens is 238 g/mol. The van der Waals surface area contributed by atoms with Crippen molar-refractivity contribution < 1.29 is 0 Å². The second-order valence-electron chi connectivity index (χ2n) is 4.69. The third kappa shape index (κ3) is 3.06. The fourth-order valence-corrected chi connectivity index (χ4v) is 2.33. The monoisotopic (exact) mass is 255 g/mol. The van der Waals surface area contributed by atoms with Gasteiger partial charge in [-0.2, -0.15) is 0 Å². The average Bonchev–Trinajstić information content (AvgIpc) is 2.49. The van der Waals surface area contributed by atoms with Crippen LogP contribution in [-0.4, -0.2) is 28.0 Å². The molecule has 1 aliphatic rings. The van der Waals surface area contributed by atoms with Gasteiger partial charge in [0.25, 0.3) is 0 Å². The molecule has 3 heterocycles. The molecule has 0 aromatic carbocycles. The molecule has 0 saturated carbocycles. The van der Waals surface area contributed by atoms with E-state index in [1.807, 2.05) is 12.1 Å². The molecule has 2 N–H and O–H groups in total. The minimum absolute atomic E-state index is 0.507. The Balaban J connectivity index is 1.76. The molecule has 1 fully saturated rings. The molecule has 1 unspecified atom stereocenters. The van der Waals surface area contributed by atoms with E-state index < -0.39 is 0 Å². The van der Waals surface area contributed by atoms with Crippen LogP contribution < -0.4 is 10.6 Å². The maximum atomic E-state index is 4.66. The maximum absolute atomic E-state index is 4.66. The number of rotatable bonds is 3. The van der Waals surface area contributed by atoms with Gasteiger partial charge in [-0.15, -0.1) is 0 Å². The first-order valence-electron chi connectivity index (χ1n) is 6.63. The molecule has 0 spiro atoms. The molecule has 0 radical (unpaired) electrons. The van der Waals surface area contributed by atoms with Crippen molar-refractivity contribution in [3.05, 3.63) is 42.4 Å². The van der Waals surface area contributed by atoms with Crippen molar-refractivity contribution in [3.8, 4) is 0 Å². The second-order valence-corrected chi connectivity index (χ2v) is 4.69. The molecule has 1 saturated heterocycles. The summed E-state index contributed by atoms with van der Waals surface area (Å²) in [5, 5.41) is 6.55. The average molecular weight is 255 g/mol. The van der Waals surface area contributed by atoms with E-state index in [1.54, 1.807) is 18.5 Å². The predicted molar refractivity (Wildman–Crippen MR) is 74.4 cm³/mol. The number of hydrogen-bond donors (Lipinski definition) is 2. The van der Waals surface area contributed by atoms with E-state index in [1.165, 1.54) is 12.8 Å². The molecule has 0 amide bonds. The number of nitrogens with one attached hydrogen (secondary N) is 2. The van der Waals surface area contributed by atoms with Gasteiger partial charge in [-0.05, 0) is 37.6 Å². The lowest BCUT2D eigenvalue weighted by Gasteiger charge is -2.22. The normalized spacial score (nSPS) is 19.1. The van der Waals surface area contributed by atoms with Crippen molar-refractivity contribution in [2.45, 2.75) is 18.8 Å². The predicted octanol–water partition coefficient (Wildman–Crippen LogP) is 2.08. The van der Waals surface area contributed by atoms with Crippen LogP contribution in [0.25, 0.3) is 0 Å². The highest BCUT2D eigenvalue weighted by Crippen LogP contribution is 2.22. The Morgan fingerprint density at radius 1 is 1.16 bits per heavy atom. The van der Waals surface area contributed by atoms with Gasteiger partial charge in [0.05, 0.1) is 0 Å². The highest BCUT2D eigenvalue weighted by molar-refractivity contribution is 5.47. The molecule has 98 valence electrons. The number of piperidine rings is 1. The van der Waals surface area contributed by atoms with Crippen molar-refractivity contribution in [1.29, 1.82) is 0 Å². The summed E-state index contributed by atoms with van der Waals surface area (Å²) in [6.07, 6.45) is 5.84. The van der Waals surface area contributed by atoms with Crippen LogP contribution in [0, 0.1) is 0 Å². The summed E-state index contributed by atoms with van der Waals surface area (Å²) in [7, 11) is 0. The van der Waals surface area contributed by atoms with Crippen LogP contribution in [0.3, 0.4) is 0 Å². The van der Waals surface area contributed by atoms with Gasteiger partial charge in [0.1, 0.15) is 5.82 Å². The molecule has 0 bridgehead atoms. The van der Waals surface area contributed by atoms with Crippen LogP contribution in [-0.2, 0) is 0 Å². The largest absolute Gasteiger partial charge is 0.316 e. The first-order valence-corrected chi connectivity index (χ1v) is 6.63. The lowest BCUT2D eigenvalue weighted by Crippen LogP contribution is -2.28. The Bertz CT molecular complexity index is 522. The van der Waals surface area contributed by atoms with Crippen molar-refractivity contribution >= 4 is 11.8 Å². The van der Waals surface area contributed by atoms with Crippen molar-refractivity contribution in [2.75, 3.05) is 18.4 Å². The van der Waals surface area contributed by atoms with Gasteiger partial charge in [0.2, 0.25) is 5.95 Å². The van der Waals surface area contributed by atoms with Crippen LogP contribution in [0.15, 0.2) is 36.7 Å². The Labute approximate surface area is 112 Å². The molecule has 5 heteroatoms. The van der Waals surface area contributed by atoms with E-state index in [4.69, 9.17) is 0 Å². The highest BCUT2D eigenvalue weighted by atomic mass is 15.1. The Morgan fingerprint density at radius 2 is 2.05 bits per heavy atom. The van der Waals surface area contributed by atoms with Crippen LogP contribution in [0.1, 0.15) is 24.5 Å². The number of nitrogens with zero attached hydrogens (tertiary/aromatic N) is 3. The van der Waals surface area contributed by atoms with Crippen LogP contribution >= 0.6 is 0 Å². The van der Waals surface area contributed by atoms with Crippen LogP contribution in [0.5, 0.6) is 0 Å². The molecule has 2 aromatic heterocycles. The van der Waals surface area contributed by atoms with E-state index in [0.29, 0.717) is 11.9 Å². The van der Waals surface area contributed by atoms with E-state index in [9.17, 15) is 0 Å². The Kier molecular flexibility index (Phi) is 3.65. The van der Waals surface area contributed by atoms with Gasteiger partial charge < -0.3 is 10.6 Å². The van der Waals surface area contributed by atoms with E-state index in [-0.39, 0.29) is 0 Å². The first kappa shape index (κ1) is 12.0. The maximum Gasteiger partial charge on any atom is 0.228 e. The fraction of sp³-hybridized carbons (Fsp3) is 0.357. The zero-order chi connectivity index (χ0) is 12.9. The number of pyridine rings is 1. The Morgan fingerprint density at radius 3 is 2.84 bits per heavy atom. The van der Waals surface area contributed by atoms with Gasteiger partial charge in [0.15, 0.2) is 0 Å².